The number of rotatable bonds is 7. The van der Waals surface area contributed by atoms with Crippen LogP contribution in [0.15, 0.2) is 48.5 Å². The molecule has 20 heavy (non-hydrogen) atoms. The number of nitrogens with one attached hydrogen (secondary N) is 2. The molecule has 0 bridgehead atoms. The van der Waals surface area contributed by atoms with Crippen molar-refractivity contribution in [1.82, 2.24) is 0 Å². The Morgan fingerprint density at radius 2 is 1.85 bits per heavy atom. The number of ether oxygens (including phenoxy) is 1. The van der Waals surface area contributed by atoms with E-state index in [1.807, 2.05) is 43.4 Å². The van der Waals surface area contributed by atoms with Gasteiger partial charge in [-0.05, 0) is 35.4 Å². The van der Waals surface area contributed by atoms with E-state index in [1.165, 1.54) is 5.56 Å². The largest absolute Gasteiger partial charge is 0.463 e. The molecule has 0 radical (unpaired) electrons. The summed E-state index contributed by atoms with van der Waals surface area (Å²) < 4.78 is 4.71. The number of benzene rings is 2. The molecule has 0 unspecified atom stereocenters. The lowest BCUT2D eigenvalue weighted by Crippen LogP contribution is -2.00. The Balaban J connectivity index is 1.91. The number of hydrogen-bond acceptors (Lipinski definition) is 4. The number of carbonyl (C=O) groups excluding carboxylic acids is 1. The second-order valence-corrected chi connectivity index (χ2v) is 4.41. The standard InChI is InChI=1S/C16H18N2O2/c1-17-16-4-2-3-14(9-16)10-18-15-7-5-13(6-8-15)11-20-12-19/h2-9,12,17-18H,10-11H2,1H3. The fourth-order valence-electron chi connectivity index (χ4n) is 1.89. The van der Waals surface area contributed by atoms with E-state index in [9.17, 15) is 4.79 Å². The van der Waals surface area contributed by atoms with E-state index in [4.69, 9.17) is 4.74 Å². The predicted octanol–water partition coefficient (Wildman–Crippen LogP) is 3.01. The van der Waals surface area contributed by atoms with Crippen molar-refractivity contribution in [3.63, 3.8) is 0 Å². The maximum absolute atomic E-state index is 10.1. The third-order valence-electron chi connectivity index (χ3n) is 2.98. The van der Waals surface area contributed by atoms with Crippen LogP contribution in [0.3, 0.4) is 0 Å². The van der Waals surface area contributed by atoms with Crippen LogP contribution in [0.25, 0.3) is 0 Å². The van der Waals surface area contributed by atoms with Gasteiger partial charge in [-0.25, -0.2) is 0 Å². The van der Waals surface area contributed by atoms with E-state index in [1.54, 1.807) is 0 Å². The van der Waals surface area contributed by atoms with Gasteiger partial charge in [-0.15, -0.1) is 0 Å². The van der Waals surface area contributed by atoms with E-state index in [-0.39, 0.29) is 0 Å². The predicted molar refractivity (Wildman–Crippen MR) is 80.6 cm³/mol. The Labute approximate surface area is 118 Å². The van der Waals surface area contributed by atoms with Crippen molar-refractivity contribution in [2.75, 3.05) is 17.7 Å². The first-order chi connectivity index (χ1) is 9.81. The van der Waals surface area contributed by atoms with Crippen molar-refractivity contribution in [3.8, 4) is 0 Å². The smallest absolute Gasteiger partial charge is 0.293 e. The average Bonchev–Trinajstić information content (AvgIpc) is 2.52. The Hall–Kier alpha value is -2.49. The molecule has 2 rings (SSSR count). The second kappa shape index (κ2) is 7.19. The molecular formula is C16H18N2O2. The van der Waals surface area contributed by atoms with Crippen LogP contribution >= 0.6 is 0 Å². The summed E-state index contributed by atoms with van der Waals surface area (Å²) in [6.07, 6.45) is 0. The topological polar surface area (TPSA) is 50.4 Å². The SMILES string of the molecule is CNc1cccc(CNc2ccc(COC=O)cc2)c1. The second-order valence-electron chi connectivity index (χ2n) is 4.41. The summed E-state index contributed by atoms with van der Waals surface area (Å²) in [6.45, 7) is 1.54. The fourth-order valence-corrected chi connectivity index (χ4v) is 1.89. The van der Waals surface area contributed by atoms with Crippen molar-refractivity contribution < 1.29 is 9.53 Å². The molecule has 0 aliphatic carbocycles. The Morgan fingerprint density at radius 3 is 2.55 bits per heavy atom. The van der Waals surface area contributed by atoms with Crippen LogP contribution in [-0.4, -0.2) is 13.5 Å². The summed E-state index contributed by atoms with van der Waals surface area (Å²) in [4.78, 5) is 10.1. The monoisotopic (exact) mass is 270 g/mol. The minimum absolute atomic E-state index is 0.313. The quantitative estimate of drug-likeness (QED) is 0.759. The Kier molecular flexibility index (Phi) is 5.00. The lowest BCUT2D eigenvalue weighted by Gasteiger charge is -2.09. The molecule has 0 amide bonds. The zero-order valence-corrected chi connectivity index (χ0v) is 11.4. The van der Waals surface area contributed by atoms with Crippen molar-refractivity contribution in [3.05, 3.63) is 59.7 Å². The molecule has 4 heteroatoms. The van der Waals surface area contributed by atoms with Crippen molar-refractivity contribution in [1.29, 1.82) is 0 Å². The van der Waals surface area contributed by atoms with Gasteiger partial charge in [0.15, 0.2) is 0 Å². The molecule has 0 aliphatic rings. The van der Waals surface area contributed by atoms with Gasteiger partial charge in [0.25, 0.3) is 6.47 Å². The minimum atomic E-state index is 0.313. The van der Waals surface area contributed by atoms with Gasteiger partial charge in [0.1, 0.15) is 6.61 Å². The van der Waals surface area contributed by atoms with Gasteiger partial charge in [-0.3, -0.25) is 4.79 Å². The Morgan fingerprint density at radius 1 is 1.05 bits per heavy atom. The molecule has 0 spiro atoms. The lowest BCUT2D eigenvalue weighted by atomic mass is 10.2. The van der Waals surface area contributed by atoms with Crippen LogP contribution in [0.5, 0.6) is 0 Å². The zero-order valence-electron chi connectivity index (χ0n) is 11.4. The molecule has 2 N–H and O–H groups in total. The first kappa shape index (κ1) is 13.9. The summed E-state index contributed by atoms with van der Waals surface area (Å²) in [5, 5.41) is 6.48. The molecule has 0 saturated carbocycles. The third-order valence-corrected chi connectivity index (χ3v) is 2.98. The van der Waals surface area contributed by atoms with Crippen LogP contribution < -0.4 is 10.6 Å². The van der Waals surface area contributed by atoms with Gasteiger partial charge in [0.05, 0.1) is 0 Å². The van der Waals surface area contributed by atoms with Gasteiger partial charge in [-0.2, -0.15) is 0 Å². The van der Waals surface area contributed by atoms with E-state index in [0.717, 1.165) is 23.5 Å². The fraction of sp³-hybridized carbons (Fsp3) is 0.188. The molecule has 2 aromatic rings. The van der Waals surface area contributed by atoms with Gasteiger partial charge < -0.3 is 15.4 Å². The lowest BCUT2D eigenvalue weighted by molar-refractivity contribution is -0.129. The summed E-state index contributed by atoms with van der Waals surface area (Å²) in [6, 6.07) is 16.1. The molecule has 0 saturated heterocycles. The molecule has 4 nitrogen and oxygen atoms in total. The first-order valence-electron chi connectivity index (χ1n) is 6.46. The molecule has 0 fully saturated rings. The van der Waals surface area contributed by atoms with Gasteiger partial charge >= 0.3 is 0 Å². The summed E-state index contributed by atoms with van der Waals surface area (Å²) >= 11 is 0. The maximum atomic E-state index is 10.1. The molecule has 0 heterocycles. The van der Waals surface area contributed by atoms with Crippen molar-refractivity contribution in [2.24, 2.45) is 0 Å². The van der Waals surface area contributed by atoms with E-state index in [0.29, 0.717) is 13.1 Å². The first-order valence-corrected chi connectivity index (χ1v) is 6.46. The molecule has 2 aromatic carbocycles. The third kappa shape index (κ3) is 4.02. The normalized spacial score (nSPS) is 9.85. The number of carbonyl (C=O) groups is 1. The molecule has 0 aliphatic heterocycles. The average molecular weight is 270 g/mol. The van der Waals surface area contributed by atoms with Crippen LogP contribution in [-0.2, 0) is 22.7 Å². The van der Waals surface area contributed by atoms with E-state index in [2.05, 4.69) is 22.8 Å². The highest BCUT2D eigenvalue weighted by atomic mass is 16.5. The molecule has 104 valence electrons. The molecule has 0 aromatic heterocycles. The van der Waals surface area contributed by atoms with E-state index >= 15 is 0 Å². The van der Waals surface area contributed by atoms with Crippen LogP contribution in [0.4, 0.5) is 11.4 Å². The van der Waals surface area contributed by atoms with Crippen LogP contribution in [0.1, 0.15) is 11.1 Å². The highest BCUT2D eigenvalue weighted by Crippen LogP contribution is 2.14. The highest BCUT2D eigenvalue weighted by molar-refractivity contribution is 5.48. The highest BCUT2D eigenvalue weighted by Gasteiger charge is 1.97. The number of hydrogen-bond donors (Lipinski definition) is 2. The van der Waals surface area contributed by atoms with Gasteiger partial charge in [0, 0.05) is 25.0 Å². The van der Waals surface area contributed by atoms with Crippen molar-refractivity contribution in [2.45, 2.75) is 13.2 Å². The van der Waals surface area contributed by atoms with Crippen molar-refractivity contribution >= 4 is 17.8 Å². The number of anilines is 2. The summed E-state index contributed by atoms with van der Waals surface area (Å²) in [5.74, 6) is 0. The van der Waals surface area contributed by atoms with Gasteiger partial charge in [-0.1, -0.05) is 24.3 Å². The summed E-state index contributed by atoms with van der Waals surface area (Å²) in [5.41, 5.74) is 4.32. The van der Waals surface area contributed by atoms with E-state index < -0.39 is 0 Å². The van der Waals surface area contributed by atoms with Gasteiger partial charge in [0.2, 0.25) is 0 Å². The van der Waals surface area contributed by atoms with Crippen LogP contribution in [0, 0.1) is 0 Å². The van der Waals surface area contributed by atoms with Crippen LogP contribution in [0.2, 0.25) is 0 Å². The zero-order chi connectivity index (χ0) is 14.2. The summed E-state index contributed by atoms with van der Waals surface area (Å²) in [7, 11) is 1.91. The molecule has 0 atom stereocenters. The maximum Gasteiger partial charge on any atom is 0.293 e. The minimum Gasteiger partial charge on any atom is -0.463 e. The Bertz CT molecular complexity index is 553. The molecular weight excluding hydrogens is 252 g/mol.